The summed E-state index contributed by atoms with van der Waals surface area (Å²) in [6.07, 6.45) is 2.09. The normalized spacial score (nSPS) is 18.9. The zero-order valence-corrected chi connectivity index (χ0v) is 21.1. The van der Waals surface area contributed by atoms with Crippen molar-refractivity contribution in [3.05, 3.63) is 64.7 Å². The van der Waals surface area contributed by atoms with Crippen LogP contribution in [0.3, 0.4) is 0 Å². The van der Waals surface area contributed by atoms with E-state index >= 15 is 0 Å². The quantitative estimate of drug-likeness (QED) is 0.557. The van der Waals surface area contributed by atoms with E-state index in [2.05, 4.69) is 36.9 Å². The molecule has 7 heteroatoms. The van der Waals surface area contributed by atoms with Crippen molar-refractivity contribution in [1.82, 2.24) is 9.91 Å². The number of benzene rings is 2. The van der Waals surface area contributed by atoms with Gasteiger partial charge in [0, 0.05) is 6.42 Å². The highest BCUT2D eigenvalue weighted by Gasteiger charge is 2.35. The van der Waals surface area contributed by atoms with E-state index in [1.54, 1.807) is 12.1 Å². The van der Waals surface area contributed by atoms with Gasteiger partial charge in [0.1, 0.15) is 5.75 Å². The van der Waals surface area contributed by atoms with Gasteiger partial charge < -0.3 is 9.47 Å². The van der Waals surface area contributed by atoms with Gasteiger partial charge in [-0.25, -0.2) is 5.01 Å². The number of amides is 1. The fourth-order valence-corrected chi connectivity index (χ4v) is 4.99. The second kappa shape index (κ2) is 11.0. The van der Waals surface area contributed by atoms with Gasteiger partial charge in [-0.05, 0) is 87.7 Å². The van der Waals surface area contributed by atoms with E-state index < -0.39 is 0 Å². The number of hydrogen-bond acceptors (Lipinski definition) is 6. The molecule has 0 aliphatic carbocycles. The maximum absolute atomic E-state index is 13.5. The number of ether oxygens (including phenoxy) is 2. The van der Waals surface area contributed by atoms with Gasteiger partial charge >= 0.3 is 5.97 Å². The van der Waals surface area contributed by atoms with Crippen molar-refractivity contribution < 1.29 is 19.1 Å². The topological polar surface area (TPSA) is 71.4 Å². The van der Waals surface area contributed by atoms with E-state index in [1.807, 2.05) is 31.2 Å². The van der Waals surface area contributed by atoms with Crippen LogP contribution in [0.5, 0.6) is 5.75 Å². The van der Waals surface area contributed by atoms with Crippen molar-refractivity contribution in [3.63, 3.8) is 0 Å². The van der Waals surface area contributed by atoms with Crippen molar-refractivity contribution in [2.45, 2.75) is 46.1 Å². The first-order valence-electron chi connectivity index (χ1n) is 12.4. The van der Waals surface area contributed by atoms with Gasteiger partial charge in [-0.1, -0.05) is 23.8 Å². The van der Waals surface area contributed by atoms with E-state index in [9.17, 15) is 9.59 Å². The molecule has 2 aromatic rings. The molecule has 2 aromatic carbocycles. The number of carbonyl (C=O) groups is 2. The molecular weight excluding hydrogens is 442 g/mol. The lowest BCUT2D eigenvalue weighted by atomic mass is 9.94. The minimum atomic E-state index is -0.141. The first-order chi connectivity index (χ1) is 16.9. The minimum absolute atomic E-state index is 0.0203. The summed E-state index contributed by atoms with van der Waals surface area (Å²) in [6.45, 7) is 8.09. The lowest BCUT2D eigenvalue weighted by Gasteiger charge is -2.32. The second-order valence-electron chi connectivity index (χ2n) is 9.40. The third-order valence-electron chi connectivity index (χ3n) is 6.94. The predicted molar refractivity (Wildman–Crippen MR) is 135 cm³/mol. The molecule has 2 aliphatic rings. The van der Waals surface area contributed by atoms with Gasteiger partial charge in [0.25, 0.3) is 5.91 Å². The molecule has 0 aromatic heterocycles. The molecule has 0 N–H and O–H groups in total. The maximum atomic E-state index is 13.5. The highest BCUT2D eigenvalue weighted by atomic mass is 16.5. The summed E-state index contributed by atoms with van der Waals surface area (Å²) < 4.78 is 10.5. The first-order valence-corrected chi connectivity index (χ1v) is 12.4. The van der Waals surface area contributed by atoms with Crippen LogP contribution in [0.1, 0.15) is 54.5 Å². The Morgan fingerprint density at radius 1 is 1.06 bits per heavy atom. The largest absolute Gasteiger partial charge is 0.497 e. The molecule has 0 bridgehead atoms. The zero-order valence-electron chi connectivity index (χ0n) is 21.1. The maximum Gasteiger partial charge on any atom is 0.309 e. The Morgan fingerprint density at radius 3 is 2.40 bits per heavy atom. The number of nitrogens with zero attached hydrogens (tertiary/aromatic N) is 3. The predicted octanol–water partition coefficient (Wildman–Crippen LogP) is 4.26. The third-order valence-corrected chi connectivity index (χ3v) is 6.94. The molecule has 0 saturated carbocycles. The van der Waals surface area contributed by atoms with Crippen LogP contribution in [0.15, 0.2) is 47.6 Å². The zero-order chi connectivity index (χ0) is 24.9. The number of esters is 1. The molecule has 1 atom stereocenters. The van der Waals surface area contributed by atoms with Crippen molar-refractivity contribution in [2.24, 2.45) is 11.0 Å². The smallest absolute Gasteiger partial charge is 0.309 e. The highest BCUT2D eigenvalue weighted by Crippen LogP contribution is 2.35. The summed E-state index contributed by atoms with van der Waals surface area (Å²) >= 11 is 0. The average Bonchev–Trinajstić information content (AvgIpc) is 3.30. The number of methoxy groups -OCH3 is 1. The summed E-state index contributed by atoms with van der Waals surface area (Å²) in [5.41, 5.74) is 5.37. The average molecular weight is 478 g/mol. The molecule has 0 unspecified atom stereocenters. The van der Waals surface area contributed by atoms with Crippen LogP contribution in [0.4, 0.5) is 0 Å². The van der Waals surface area contributed by atoms with Crippen LogP contribution < -0.4 is 4.74 Å². The summed E-state index contributed by atoms with van der Waals surface area (Å²) in [5, 5.41) is 6.50. The molecule has 7 nitrogen and oxygen atoms in total. The van der Waals surface area contributed by atoms with E-state index in [0.717, 1.165) is 28.2 Å². The summed E-state index contributed by atoms with van der Waals surface area (Å²) in [4.78, 5) is 27.7. The van der Waals surface area contributed by atoms with E-state index in [1.165, 1.54) is 5.56 Å². The second-order valence-corrected chi connectivity index (χ2v) is 9.40. The number of carbonyl (C=O) groups excluding carboxylic acids is 2. The Bertz CT molecular complexity index is 1090. The molecule has 4 rings (SSSR count). The van der Waals surface area contributed by atoms with E-state index in [4.69, 9.17) is 14.6 Å². The standard InChI is InChI=1S/C28H35N3O4/c1-5-35-28(33)22-12-14-30(15-13-22)18-27(32)31-26(24-11-6-19(2)16-20(24)3)17-25(29-31)21-7-9-23(34-4)10-8-21/h6-11,16,22,26H,5,12-15,17-18H2,1-4H3/t26-/m1/s1. The lowest BCUT2D eigenvalue weighted by Crippen LogP contribution is -2.43. The summed E-state index contributed by atoms with van der Waals surface area (Å²) in [6, 6.07) is 14.0. The van der Waals surface area contributed by atoms with Crippen LogP contribution in [-0.4, -0.2) is 60.8 Å². The number of rotatable bonds is 7. The number of hydrazone groups is 1. The molecule has 186 valence electrons. The van der Waals surface area contributed by atoms with Crippen LogP contribution in [-0.2, 0) is 14.3 Å². The Hall–Kier alpha value is -3.19. The fourth-order valence-electron chi connectivity index (χ4n) is 4.99. The van der Waals surface area contributed by atoms with Gasteiger partial charge in [0.2, 0.25) is 0 Å². The van der Waals surface area contributed by atoms with Crippen LogP contribution in [0.25, 0.3) is 0 Å². The Balaban J connectivity index is 1.52. The van der Waals surface area contributed by atoms with Crippen molar-refractivity contribution in [1.29, 1.82) is 0 Å². The monoisotopic (exact) mass is 477 g/mol. The number of hydrogen-bond donors (Lipinski definition) is 0. The molecular formula is C28H35N3O4. The molecule has 35 heavy (non-hydrogen) atoms. The van der Waals surface area contributed by atoms with Crippen molar-refractivity contribution in [3.8, 4) is 5.75 Å². The minimum Gasteiger partial charge on any atom is -0.497 e. The van der Waals surface area contributed by atoms with Crippen LogP contribution in [0, 0.1) is 19.8 Å². The Morgan fingerprint density at radius 2 is 1.77 bits per heavy atom. The number of aryl methyl sites for hydroxylation is 2. The molecule has 1 fully saturated rings. The Labute approximate surface area is 207 Å². The van der Waals surface area contributed by atoms with Gasteiger partial charge in [0.15, 0.2) is 0 Å². The molecule has 1 amide bonds. The van der Waals surface area contributed by atoms with Gasteiger partial charge in [0.05, 0.1) is 37.9 Å². The van der Waals surface area contributed by atoms with Gasteiger partial charge in [-0.2, -0.15) is 5.10 Å². The third kappa shape index (κ3) is 5.73. The summed E-state index contributed by atoms with van der Waals surface area (Å²) in [5.74, 6) is 0.572. The van der Waals surface area contributed by atoms with Gasteiger partial charge in [-0.3, -0.25) is 14.5 Å². The molecule has 0 radical (unpaired) electrons. The Kier molecular flexibility index (Phi) is 7.86. The summed E-state index contributed by atoms with van der Waals surface area (Å²) in [7, 11) is 1.65. The molecule has 2 heterocycles. The van der Waals surface area contributed by atoms with Crippen molar-refractivity contribution in [2.75, 3.05) is 33.4 Å². The van der Waals surface area contributed by atoms with Crippen LogP contribution >= 0.6 is 0 Å². The van der Waals surface area contributed by atoms with Gasteiger partial charge in [-0.15, -0.1) is 0 Å². The van der Waals surface area contributed by atoms with Crippen LogP contribution in [0.2, 0.25) is 0 Å². The number of likely N-dealkylation sites (tertiary alicyclic amines) is 1. The van der Waals surface area contributed by atoms with E-state index in [-0.39, 0.29) is 30.4 Å². The molecule has 2 aliphatic heterocycles. The van der Waals surface area contributed by atoms with E-state index in [0.29, 0.717) is 39.0 Å². The van der Waals surface area contributed by atoms with Crippen molar-refractivity contribution >= 4 is 17.6 Å². The number of piperidine rings is 1. The SMILES string of the molecule is CCOC(=O)C1CCN(CC(=O)N2N=C(c3ccc(OC)cc3)C[C@@H]2c2ccc(C)cc2C)CC1. The molecule has 0 spiro atoms. The molecule has 1 saturated heterocycles. The first kappa shape index (κ1) is 24.9. The lowest BCUT2D eigenvalue weighted by molar-refractivity contribution is -0.149. The highest BCUT2D eigenvalue weighted by molar-refractivity contribution is 6.03. The fraction of sp³-hybridized carbons (Fsp3) is 0.464.